The van der Waals surface area contributed by atoms with Crippen molar-refractivity contribution in [1.29, 1.82) is 0 Å². The van der Waals surface area contributed by atoms with Crippen LogP contribution in [-0.4, -0.2) is 18.6 Å². The molecule has 3 heteroatoms. The lowest BCUT2D eigenvalue weighted by Crippen LogP contribution is -2.16. The fourth-order valence-corrected chi connectivity index (χ4v) is 2.56. The van der Waals surface area contributed by atoms with E-state index in [4.69, 9.17) is 4.74 Å². The highest BCUT2D eigenvalue weighted by atomic mass is 16.5. The zero-order chi connectivity index (χ0) is 14.5. The van der Waals surface area contributed by atoms with Crippen molar-refractivity contribution in [3.8, 4) is 5.75 Å². The van der Waals surface area contributed by atoms with Crippen molar-refractivity contribution in [3.63, 3.8) is 0 Å². The van der Waals surface area contributed by atoms with Gasteiger partial charge in [-0.05, 0) is 42.3 Å². The normalized spacial score (nSPS) is 10.9. The third-order valence-corrected chi connectivity index (χ3v) is 3.71. The molecule has 0 saturated carbocycles. The molecule has 3 aromatic rings. The molecular formula is C18H20N2O. The number of H-pyrrole nitrogens is 1. The third kappa shape index (κ3) is 3.26. The Morgan fingerprint density at radius 3 is 2.90 bits per heavy atom. The van der Waals surface area contributed by atoms with Crippen molar-refractivity contribution in [2.45, 2.75) is 13.0 Å². The van der Waals surface area contributed by atoms with E-state index in [0.29, 0.717) is 0 Å². The number of nitrogens with one attached hydrogen (secondary N) is 2. The van der Waals surface area contributed by atoms with Crippen molar-refractivity contribution >= 4 is 10.9 Å². The molecule has 21 heavy (non-hydrogen) atoms. The van der Waals surface area contributed by atoms with Crippen molar-refractivity contribution < 1.29 is 4.74 Å². The second-order valence-electron chi connectivity index (χ2n) is 5.14. The van der Waals surface area contributed by atoms with Gasteiger partial charge in [0.25, 0.3) is 0 Å². The smallest absolute Gasteiger partial charge is 0.119 e. The molecule has 0 amide bonds. The first-order valence-corrected chi connectivity index (χ1v) is 7.25. The van der Waals surface area contributed by atoms with Crippen LogP contribution < -0.4 is 10.1 Å². The zero-order valence-corrected chi connectivity index (χ0v) is 12.2. The summed E-state index contributed by atoms with van der Waals surface area (Å²) in [6, 6.07) is 16.6. The van der Waals surface area contributed by atoms with Gasteiger partial charge in [-0.3, -0.25) is 0 Å². The van der Waals surface area contributed by atoms with Crippen LogP contribution in [0.25, 0.3) is 10.9 Å². The molecule has 0 fully saturated rings. The lowest BCUT2D eigenvalue weighted by Gasteiger charge is -2.06. The number of benzene rings is 2. The molecule has 3 nitrogen and oxygen atoms in total. The van der Waals surface area contributed by atoms with Crippen LogP contribution in [0.3, 0.4) is 0 Å². The molecule has 0 unspecified atom stereocenters. The van der Waals surface area contributed by atoms with Crippen LogP contribution in [0.2, 0.25) is 0 Å². The summed E-state index contributed by atoms with van der Waals surface area (Å²) in [7, 11) is 1.70. The standard InChI is InChI=1S/C18H20N2O/c1-21-16-6-4-5-14(11-16)9-10-19-12-15-13-20-18-8-3-2-7-17(15)18/h2-8,11,13,19-20H,9-10,12H2,1H3. The van der Waals surface area contributed by atoms with Crippen LogP contribution in [0.15, 0.2) is 54.7 Å². The van der Waals surface area contributed by atoms with E-state index in [1.807, 2.05) is 12.1 Å². The van der Waals surface area contributed by atoms with Crippen LogP contribution in [0.4, 0.5) is 0 Å². The van der Waals surface area contributed by atoms with Gasteiger partial charge in [-0.2, -0.15) is 0 Å². The maximum Gasteiger partial charge on any atom is 0.119 e. The molecule has 0 saturated heterocycles. The van der Waals surface area contributed by atoms with E-state index in [1.54, 1.807) is 7.11 Å². The molecule has 1 heterocycles. The number of hydrogen-bond donors (Lipinski definition) is 2. The highest BCUT2D eigenvalue weighted by Gasteiger charge is 2.02. The van der Waals surface area contributed by atoms with Crippen molar-refractivity contribution in [2.75, 3.05) is 13.7 Å². The predicted molar refractivity (Wildman–Crippen MR) is 86.7 cm³/mol. The van der Waals surface area contributed by atoms with Crippen LogP contribution in [-0.2, 0) is 13.0 Å². The molecule has 3 rings (SSSR count). The molecule has 0 aliphatic carbocycles. The van der Waals surface area contributed by atoms with Gasteiger partial charge in [-0.1, -0.05) is 30.3 Å². The van der Waals surface area contributed by atoms with E-state index in [2.05, 4.69) is 52.9 Å². The van der Waals surface area contributed by atoms with E-state index in [0.717, 1.165) is 25.3 Å². The van der Waals surface area contributed by atoms with E-state index >= 15 is 0 Å². The van der Waals surface area contributed by atoms with E-state index < -0.39 is 0 Å². The lowest BCUT2D eigenvalue weighted by atomic mass is 10.1. The molecule has 0 spiro atoms. The second kappa shape index (κ2) is 6.46. The molecular weight excluding hydrogens is 260 g/mol. The number of rotatable bonds is 6. The first-order valence-electron chi connectivity index (χ1n) is 7.25. The third-order valence-electron chi connectivity index (χ3n) is 3.71. The van der Waals surface area contributed by atoms with Gasteiger partial charge >= 0.3 is 0 Å². The first-order chi connectivity index (χ1) is 10.4. The lowest BCUT2D eigenvalue weighted by molar-refractivity contribution is 0.414. The molecule has 2 aromatic carbocycles. The Morgan fingerprint density at radius 2 is 2.00 bits per heavy atom. The van der Waals surface area contributed by atoms with Gasteiger partial charge in [0.1, 0.15) is 5.75 Å². The van der Waals surface area contributed by atoms with Crippen LogP contribution in [0, 0.1) is 0 Å². The molecule has 108 valence electrons. The first kappa shape index (κ1) is 13.7. The number of aromatic amines is 1. The van der Waals surface area contributed by atoms with E-state index in [1.165, 1.54) is 22.0 Å². The quantitative estimate of drug-likeness (QED) is 0.678. The Labute approximate surface area is 125 Å². The molecule has 0 aliphatic heterocycles. The summed E-state index contributed by atoms with van der Waals surface area (Å²) in [6.45, 7) is 1.83. The molecule has 2 N–H and O–H groups in total. The van der Waals surface area contributed by atoms with E-state index in [9.17, 15) is 0 Å². The summed E-state index contributed by atoms with van der Waals surface area (Å²) in [5.74, 6) is 0.920. The summed E-state index contributed by atoms with van der Waals surface area (Å²) in [5.41, 5.74) is 3.80. The summed E-state index contributed by atoms with van der Waals surface area (Å²) < 4.78 is 5.24. The van der Waals surface area contributed by atoms with Gasteiger partial charge in [-0.25, -0.2) is 0 Å². The number of aromatic nitrogens is 1. The predicted octanol–water partition coefficient (Wildman–Crippen LogP) is 3.51. The number of ether oxygens (including phenoxy) is 1. The Bertz CT molecular complexity index is 718. The minimum Gasteiger partial charge on any atom is -0.497 e. The molecule has 1 aromatic heterocycles. The highest BCUT2D eigenvalue weighted by molar-refractivity contribution is 5.82. The van der Waals surface area contributed by atoms with Crippen molar-refractivity contribution in [1.82, 2.24) is 10.3 Å². The number of para-hydroxylation sites is 1. The maximum atomic E-state index is 5.24. The minimum atomic E-state index is 0.883. The summed E-state index contributed by atoms with van der Waals surface area (Å²) in [5, 5.41) is 4.80. The second-order valence-corrected chi connectivity index (χ2v) is 5.14. The largest absolute Gasteiger partial charge is 0.497 e. The SMILES string of the molecule is COc1cccc(CCNCc2c[nH]c3ccccc23)c1. The zero-order valence-electron chi connectivity index (χ0n) is 12.2. The Balaban J connectivity index is 1.54. The number of methoxy groups -OCH3 is 1. The topological polar surface area (TPSA) is 37.0 Å². The molecule has 0 bridgehead atoms. The fraction of sp³-hybridized carbons (Fsp3) is 0.222. The van der Waals surface area contributed by atoms with Gasteiger partial charge in [0.05, 0.1) is 7.11 Å². The van der Waals surface area contributed by atoms with Gasteiger partial charge in [0.2, 0.25) is 0 Å². The van der Waals surface area contributed by atoms with Gasteiger partial charge in [0.15, 0.2) is 0 Å². The summed E-state index contributed by atoms with van der Waals surface area (Å²) in [4.78, 5) is 3.31. The summed E-state index contributed by atoms with van der Waals surface area (Å²) >= 11 is 0. The van der Waals surface area contributed by atoms with Gasteiger partial charge in [0, 0.05) is 23.6 Å². The van der Waals surface area contributed by atoms with Gasteiger partial charge in [-0.15, -0.1) is 0 Å². The Morgan fingerprint density at radius 1 is 1.10 bits per heavy atom. The summed E-state index contributed by atoms with van der Waals surface area (Å²) in [6.07, 6.45) is 3.09. The van der Waals surface area contributed by atoms with Crippen LogP contribution in [0.5, 0.6) is 5.75 Å². The fourth-order valence-electron chi connectivity index (χ4n) is 2.56. The maximum absolute atomic E-state index is 5.24. The van der Waals surface area contributed by atoms with Crippen LogP contribution in [0.1, 0.15) is 11.1 Å². The van der Waals surface area contributed by atoms with Crippen molar-refractivity contribution in [2.24, 2.45) is 0 Å². The Hall–Kier alpha value is -2.26. The highest BCUT2D eigenvalue weighted by Crippen LogP contribution is 2.17. The van der Waals surface area contributed by atoms with E-state index in [-0.39, 0.29) is 0 Å². The minimum absolute atomic E-state index is 0.883. The average molecular weight is 280 g/mol. The molecule has 0 atom stereocenters. The van der Waals surface area contributed by atoms with Crippen LogP contribution >= 0.6 is 0 Å². The Kier molecular flexibility index (Phi) is 4.22. The molecule has 0 aliphatic rings. The van der Waals surface area contributed by atoms with Crippen molar-refractivity contribution in [3.05, 3.63) is 65.9 Å². The molecule has 0 radical (unpaired) electrons. The van der Waals surface area contributed by atoms with Gasteiger partial charge < -0.3 is 15.0 Å². The average Bonchev–Trinajstić information content (AvgIpc) is 2.95. The number of hydrogen-bond acceptors (Lipinski definition) is 2. The number of fused-ring (bicyclic) bond motifs is 1. The monoisotopic (exact) mass is 280 g/mol.